The summed E-state index contributed by atoms with van der Waals surface area (Å²) in [6, 6.07) is 24.6. The first-order valence-corrected chi connectivity index (χ1v) is 15.0. The van der Waals surface area contributed by atoms with E-state index in [0.717, 1.165) is 20.8 Å². The molecule has 0 spiro atoms. The molecule has 0 aromatic heterocycles. The highest BCUT2D eigenvalue weighted by Crippen LogP contribution is 2.16. The van der Waals surface area contributed by atoms with Crippen molar-refractivity contribution >= 4 is 34.4 Å². The van der Waals surface area contributed by atoms with E-state index >= 15 is 0 Å². The van der Waals surface area contributed by atoms with Crippen molar-refractivity contribution in [3.05, 3.63) is 140 Å². The Morgan fingerprint density at radius 2 is 1.53 bits per heavy atom. The molecule has 0 fully saturated rings. The van der Waals surface area contributed by atoms with Crippen LogP contribution in [0.5, 0.6) is 0 Å². The van der Waals surface area contributed by atoms with E-state index in [1.807, 2.05) is 54.6 Å². The summed E-state index contributed by atoms with van der Waals surface area (Å²) in [6.07, 6.45) is -1.09. The quantitative estimate of drug-likeness (QED) is 0.168. The van der Waals surface area contributed by atoms with E-state index < -0.39 is 29.7 Å². The Labute approximate surface area is 264 Å². The molecule has 0 bridgehead atoms. The molecule has 6 nitrogen and oxygen atoms in total. The number of nitrogens with zero attached hydrogens (tertiary/aromatic N) is 1. The molecule has 0 aliphatic heterocycles. The van der Waals surface area contributed by atoms with E-state index in [-0.39, 0.29) is 24.4 Å². The predicted octanol–water partition coefficient (Wildman–Crippen LogP) is 5.64. The summed E-state index contributed by atoms with van der Waals surface area (Å²) in [7, 11) is 1.70. The van der Waals surface area contributed by atoms with Gasteiger partial charge in [0.1, 0.15) is 11.6 Å². The number of aliphatic hydroxyl groups is 1. The van der Waals surface area contributed by atoms with Gasteiger partial charge in [0, 0.05) is 47.4 Å². The molecule has 9 heteroatoms. The average molecular weight is 698 g/mol. The van der Waals surface area contributed by atoms with Crippen molar-refractivity contribution in [2.45, 2.75) is 38.6 Å². The Kier molecular flexibility index (Phi) is 11.4. The number of amides is 2. The van der Waals surface area contributed by atoms with E-state index in [4.69, 9.17) is 0 Å². The maximum atomic E-state index is 14.0. The molecule has 4 rings (SSSR count). The van der Waals surface area contributed by atoms with Crippen molar-refractivity contribution in [1.82, 2.24) is 15.5 Å². The standard InChI is InChI=1S/C34H34F2IN3O3/c1-22-11-26(17-27(12-22)34(43)40(2)21-23-7-4-3-5-8-23)33(42)39-31(16-25-13-28(35)18-29(36)14-25)32(41)20-38-19-24-9-6-10-30(37)15-24/h3-15,17-18,31-32,38,41H,16,19-21H2,1-2H3,(H,39,42)/t31-,32+/m0/s1. The van der Waals surface area contributed by atoms with Crippen LogP contribution in [0.2, 0.25) is 0 Å². The van der Waals surface area contributed by atoms with Crippen molar-refractivity contribution in [2.24, 2.45) is 0 Å². The fourth-order valence-corrected chi connectivity index (χ4v) is 5.47. The number of hydrogen-bond donors (Lipinski definition) is 3. The Bertz CT molecular complexity index is 1550. The Hall–Kier alpha value is -3.67. The summed E-state index contributed by atoms with van der Waals surface area (Å²) in [4.78, 5) is 28.3. The van der Waals surface area contributed by atoms with Crippen LogP contribution in [0.3, 0.4) is 0 Å². The van der Waals surface area contributed by atoms with Crippen LogP contribution >= 0.6 is 22.6 Å². The molecule has 0 saturated heterocycles. The van der Waals surface area contributed by atoms with Crippen molar-refractivity contribution in [3.8, 4) is 0 Å². The second-order valence-corrected chi connectivity index (χ2v) is 11.9. The highest BCUT2D eigenvalue weighted by atomic mass is 127. The maximum Gasteiger partial charge on any atom is 0.253 e. The van der Waals surface area contributed by atoms with E-state index in [0.29, 0.717) is 29.8 Å². The molecular formula is C34H34F2IN3O3. The van der Waals surface area contributed by atoms with E-state index in [2.05, 4.69) is 33.2 Å². The summed E-state index contributed by atoms with van der Waals surface area (Å²) in [6.45, 7) is 2.81. The lowest BCUT2D eigenvalue weighted by Gasteiger charge is -2.25. The first-order valence-electron chi connectivity index (χ1n) is 13.9. The van der Waals surface area contributed by atoms with E-state index in [9.17, 15) is 23.5 Å². The van der Waals surface area contributed by atoms with Gasteiger partial charge in [0.05, 0.1) is 12.1 Å². The van der Waals surface area contributed by atoms with Crippen molar-refractivity contribution < 1.29 is 23.5 Å². The van der Waals surface area contributed by atoms with Crippen molar-refractivity contribution in [3.63, 3.8) is 0 Å². The highest BCUT2D eigenvalue weighted by molar-refractivity contribution is 14.1. The molecule has 2 atom stereocenters. The second kappa shape index (κ2) is 15.2. The average Bonchev–Trinajstić information content (AvgIpc) is 2.96. The van der Waals surface area contributed by atoms with Gasteiger partial charge in [-0.3, -0.25) is 9.59 Å². The lowest BCUT2D eigenvalue weighted by atomic mass is 9.99. The van der Waals surface area contributed by atoms with Crippen molar-refractivity contribution in [1.29, 1.82) is 0 Å². The highest BCUT2D eigenvalue weighted by Gasteiger charge is 2.24. The lowest BCUT2D eigenvalue weighted by Crippen LogP contribution is -2.48. The van der Waals surface area contributed by atoms with Crippen LogP contribution < -0.4 is 10.6 Å². The molecule has 4 aromatic rings. The third-order valence-corrected chi connectivity index (χ3v) is 7.60. The number of carbonyl (C=O) groups is 2. The van der Waals surface area contributed by atoms with Gasteiger partial charge in [0.2, 0.25) is 0 Å². The molecule has 4 aromatic carbocycles. The zero-order valence-corrected chi connectivity index (χ0v) is 26.1. The van der Waals surface area contributed by atoms with Crippen LogP contribution in [0.15, 0.2) is 91.0 Å². The molecular weight excluding hydrogens is 663 g/mol. The number of hydrogen-bond acceptors (Lipinski definition) is 4. The number of aryl methyl sites for hydroxylation is 1. The largest absolute Gasteiger partial charge is 0.390 e. The normalized spacial score (nSPS) is 12.4. The lowest BCUT2D eigenvalue weighted by molar-refractivity contribution is 0.0785. The first-order chi connectivity index (χ1) is 20.6. The van der Waals surface area contributed by atoms with Crippen LogP contribution in [-0.2, 0) is 19.5 Å². The van der Waals surface area contributed by atoms with E-state index in [1.54, 1.807) is 31.0 Å². The predicted molar refractivity (Wildman–Crippen MR) is 172 cm³/mol. The van der Waals surface area contributed by atoms with Gasteiger partial charge in [-0.2, -0.15) is 0 Å². The second-order valence-electron chi connectivity index (χ2n) is 10.6. The van der Waals surface area contributed by atoms with Crippen LogP contribution in [0.25, 0.3) is 0 Å². The summed E-state index contributed by atoms with van der Waals surface area (Å²) >= 11 is 2.22. The number of aliphatic hydroxyl groups excluding tert-OH is 1. The summed E-state index contributed by atoms with van der Waals surface area (Å²) < 4.78 is 29.0. The summed E-state index contributed by atoms with van der Waals surface area (Å²) in [5.74, 6) is -2.24. The number of halogens is 3. The molecule has 3 N–H and O–H groups in total. The Morgan fingerprint density at radius 3 is 2.23 bits per heavy atom. The van der Waals surface area contributed by atoms with Crippen molar-refractivity contribution in [2.75, 3.05) is 13.6 Å². The van der Waals surface area contributed by atoms with Gasteiger partial charge in [0.25, 0.3) is 11.8 Å². The number of carbonyl (C=O) groups excluding carboxylic acids is 2. The topological polar surface area (TPSA) is 81.7 Å². The SMILES string of the molecule is Cc1cc(C(=O)N[C@@H](Cc2cc(F)cc(F)c2)[C@H](O)CNCc2cccc(I)c2)cc(C(=O)N(C)Cc2ccccc2)c1. The molecule has 0 heterocycles. The van der Waals surface area contributed by atoms with Gasteiger partial charge in [-0.05, 0) is 101 Å². The van der Waals surface area contributed by atoms with Crippen LogP contribution in [0, 0.1) is 22.1 Å². The molecule has 0 unspecified atom stereocenters. The van der Waals surface area contributed by atoms with Crippen LogP contribution in [-0.4, -0.2) is 47.6 Å². The van der Waals surface area contributed by atoms with Crippen LogP contribution in [0.1, 0.15) is 43.0 Å². The van der Waals surface area contributed by atoms with Gasteiger partial charge in [-0.1, -0.05) is 42.5 Å². The number of rotatable bonds is 12. The minimum atomic E-state index is -1.08. The fraction of sp³-hybridized carbons (Fsp3) is 0.235. The van der Waals surface area contributed by atoms with Gasteiger partial charge < -0.3 is 20.6 Å². The monoisotopic (exact) mass is 697 g/mol. The summed E-state index contributed by atoms with van der Waals surface area (Å²) in [5, 5.41) is 17.2. The minimum absolute atomic E-state index is 0.0100. The Balaban J connectivity index is 1.50. The van der Waals surface area contributed by atoms with Gasteiger partial charge >= 0.3 is 0 Å². The third-order valence-electron chi connectivity index (χ3n) is 6.93. The Morgan fingerprint density at radius 1 is 0.860 bits per heavy atom. The number of nitrogens with one attached hydrogen (secondary N) is 2. The zero-order valence-electron chi connectivity index (χ0n) is 24.0. The molecule has 2 amide bonds. The van der Waals surface area contributed by atoms with Crippen LogP contribution in [0.4, 0.5) is 8.78 Å². The first kappa shape index (κ1) is 32.2. The molecule has 0 saturated carbocycles. The molecule has 224 valence electrons. The molecule has 43 heavy (non-hydrogen) atoms. The van der Waals surface area contributed by atoms with Gasteiger partial charge in [-0.15, -0.1) is 0 Å². The smallest absolute Gasteiger partial charge is 0.253 e. The molecule has 0 aliphatic carbocycles. The fourth-order valence-electron chi connectivity index (χ4n) is 4.86. The van der Waals surface area contributed by atoms with E-state index in [1.165, 1.54) is 18.2 Å². The van der Waals surface area contributed by atoms with Gasteiger partial charge in [0.15, 0.2) is 0 Å². The minimum Gasteiger partial charge on any atom is -0.390 e. The number of benzene rings is 4. The van der Waals surface area contributed by atoms with Gasteiger partial charge in [-0.25, -0.2) is 8.78 Å². The maximum absolute atomic E-state index is 14.0. The third kappa shape index (κ3) is 9.67. The summed E-state index contributed by atoms with van der Waals surface area (Å²) in [5.41, 5.74) is 3.61. The molecule has 0 aliphatic rings. The molecule has 0 radical (unpaired) electrons. The zero-order chi connectivity index (χ0) is 30.9.